The highest BCUT2D eigenvalue weighted by molar-refractivity contribution is 6.32. The second-order valence-corrected chi connectivity index (χ2v) is 3.40. The second kappa shape index (κ2) is 5.56. The van der Waals surface area contributed by atoms with Gasteiger partial charge in [0.2, 0.25) is 0 Å². The van der Waals surface area contributed by atoms with Gasteiger partial charge in [0.15, 0.2) is 0 Å². The summed E-state index contributed by atoms with van der Waals surface area (Å²) in [5.74, 6) is 0. The largest absolute Gasteiger partial charge is 0.394 e. The van der Waals surface area contributed by atoms with E-state index in [1.54, 1.807) is 18.2 Å². The van der Waals surface area contributed by atoms with E-state index in [1.807, 2.05) is 6.07 Å². The Hall–Kier alpha value is -1.28. The lowest BCUT2D eigenvalue weighted by Gasteiger charge is -2.11. The fourth-order valence-corrected chi connectivity index (χ4v) is 1.29. The first-order chi connectivity index (χ1) is 7.19. The van der Waals surface area contributed by atoms with E-state index < -0.39 is 6.10 Å². The Kier molecular flexibility index (Phi) is 4.37. The molecule has 0 heterocycles. The first-order valence-electron chi connectivity index (χ1n) is 4.40. The van der Waals surface area contributed by atoms with Gasteiger partial charge in [-0.25, -0.2) is 0 Å². The molecule has 15 heavy (non-hydrogen) atoms. The Bertz CT molecular complexity index is 376. The number of nitriles is 1. The summed E-state index contributed by atoms with van der Waals surface area (Å²) in [6.45, 7) is -0.152. The van der Waals surface area contributed by atoms with Crippen molar-refractivity contribution in [2.75, 3.05) is 18.5 Å². The maximum Gasteiger partial charge on any atom is 0.103 e. The Labute approximate surface area is 92.7 Å². The minimum atomic E-state index is -0.851. The predicted molar refractivity (Wildman–Crippen MR) is 57.7 cm³/mol. The van der Waals surface area contributed by atoms with Gasteiger partial charge in [-0.15, -0.1) is 0 Å². The predicted octanol–water partition coefficient (Wildman–Crippen LogP) is 0.977. The summed E-state index contributed by atoms with van der Waals surface area (Å²) in [5, 5.41) is 29.8. The third kappa shape index (κ3) is 3.10. The minimum Gasteiger partial charge on any atom is -0.394 e. The summed E-state index contributed by atoms with van der Waals surface area (Å²) in [6.07, 6.45) is -0.851. The molecule has 5 heteroatoms. The van der Waals surface area contributed by atoms with E-state index in [4.69, 9.17) is 27.1 Å². The van der Waals surface area contributed by atoms with E-state index in [9.17, 15) is 0 Å². The molecule has 1 aromatic carbocycles. The Morgan fingerprint density at radius 1 is 1.53 bits per heavy atom. The zero-order valence-corrected chi connectivity index (χ0v) is 8.70. The van der Waals surface area contributed by atoms with Crippen LogP contribution in [0.2, 0.25) is 5.02 Å². The van der Waals surface area contributed by atoms with Gasteiger partial charge in [-0.3, -0.25) is 0 Å². The highest BCUT2D eigenvalue weighted by Gasteiger charge is 2.07. The molecular formula is C10H11ClN2O2. The molecule has 0 bridgehead atoms. The molecule has 80 valence electrons. The average Bonchev–Trinajstić information content (AvgIpc) is 2.25. The van der Waals surface area contributed by atoms with Crippen LogP contribution in [0, 0.1) is 11.3 Å². The number of rotatable bonds is 4. The van der Waals surface area contributed by atoms with Crippen LogP contribution < -0.4 is 5.32 Å². The number of anilines is 1. The zero-order valence-electron chi connectivity index (χ0n) is 7.94. The first kappa shape index (κ1) is 11.8. The van der Waals surface area contributed by atoms with E-state index in [0.29, 0.717) is 16.3 Å². The number of aliphatic hydroxyl groups excluding tert-OH is 2. The lowest BCUT2D eigenvalue weighted by atomic mass is 10.2. The average molecular weight is 227 g/mol. The summed E-state index contributed by atoms with van der Waals surface area (Å²) in [7, 11) is 0. The molecule has 3 N–H and O–H groups in total. The lowest BCUT2D eigenvalue weighted by molar-refractivity contribution is 0.105. The third-order valence-corrected chi connectivity index (χ3v) is 2.18. The fourth-order valence-electron chi connectivity index (χ4n) is 1.08. The zero-order chi connectivity index (χ0) is 11.3. The summed E-state index contributed by atoms with van der Waals surface area (Å²) < 4.78 is 0. The van der Waals surface area contributed by atoms with Gasteiger partial charge in [0.25, 0.3) is 0 Å². The molecule has 0 fully saturated rings. The van der Waals surface area contributed by atoms with Crippen LogP contribution in [0.25, 0.3) is 0 Å². The van der Waals surface area contributed by atoms with E-state index >= 15 is 0 Å². The van der Waals surface area contributed by atoms with Crippen molar-refractivity contribution in [3.63, 3.8) is 0 Å². The number of nitrogens with one attached hydrogen (secondary N) is 1. The van der Waals surface area contributed by atoms with Gasteiger partial charge in [0, 0.05) is 6.54 Å². The van der Waals surface area contributed by atoms with Crippen LogP contribution in [0.15, 0.2) is 18.2 Å². The van der Waals surface area contributed by atoms with Crippen molar-refractivity contribution >= 4 is 17.3 Å². The van der Waals surface area contributed by atoms with Gasteiger partial charge < -0.3 is 15.5 Å². The summed E-state index contributed by atoms with van der Waals surface area (Å²) in [5.41, 5.74) is 0.891. The second-order valence-electron chi connectivity index (χ2n) is 2.99. The van der Waals surface area contributed by atoms with Crippen LogP contribution in [0.1, 0.15) is 5.56 Å². The van der Waals surface area contributed by atoms with E-state index in [0.717, 1.165) is 0 Å². The van der Waals surface area contributed by atoms with Crippen molar-refractivity contribution in [1.29, 1.82) is 5.26 Å². The number of hydrogen-bond donors (Lipinski definition) is 3. The van der Waals surface area contributed by atoms with Gasteiger partial charge >= 0.3 is 0 Å². The van der Waals surface area contributed by atoms with Crippen LogP contribution in [-0.4, -0.2) is 29.5 Å². The molecular weight excluding hydrogens is 216 g/mol. The number of aliphatic hydroxyl groups is 2. The highest BCUT2D eigenvalue weighted by Crippen LogP contribution is 2.22. The molecule has 4 nitrogen and oxygen atoms in total. The van der Waals surface area contributed by atoms with Crippen molar-refractivity contribution in [2.24, 2.45) is 0 Å². The normalized spacial score (nSPS) is 11.9. The maximum atomic E-state index is 9.12. The molecule has 0 amide bonds. The maximum absolute atomic E-state index is 9.12. The molecule has 0 aromatic heterocycles. The molecule has 0 aliphatic carbocycles. The van der Waals surface area contributed by atoms with Gasteiger partial charge in [-0.1, -0.05) is 17.7 Å². The molecule has 0 radical (unpaired) electrons. The molecule has 0 spiro atoms. The Balaban J connectivity index is 2.77. The van der Waals surface area contributed by atoms with Crippen molar-refractivity contribution in [3.8, 4) is 6.07 Å². The number of nitrogens with zero attached hydrogens (tertiary/aromatic N) is 1. The fraction of sp³-hybridized carbons (Fsp3) is 0.300. The molecule has 1 atom stereocenters. The Morgan fingerprint density at radius 2 is 2.27 bits per heavy atom. The Morgan fingerprint density at radius 3 is 2.87 bits per heavy atom. The SMILES string of the molecule is N#Cc1c(Cl)cccc1NCC(O)CO. The smallest absolute Gasteiger partial charge is 0.103 e. The molecule has 1 aromatic rings. The van der Waals surface area contributed by atoms with Crippen molar-refractivity contribution in [3.05, 3.63) is 28.8 Å². The molecule has 0 aliphatic heterocycles. The van der Waals surface area contributed by atoms with E-state index in [-0.39, 0.29) is 13.2 Å². The van der Waals surface area contributed by atoms with Crippen molar-refractivity contribution in [1.82, 2.24) is 0 Å². The topological polar surface area (TPSA) is 76.3 Å². The van der Waals surface area contributed by atoms with Crippen LogP contribution in [0.3, 0.4) is 0 Å². The summed E-state index contributed by atoms with van der Waals surface area (Å²) in [6, 6.07) is 6.98. The van der Waals surface area contributed by atoms with Gasteiger partial charge in [-0.05, 0) is 12.1 Å². The van der Waals surface area contributed by atoms with Gasteiger partial charge in [0.1, 0.15) is 6.07 Å². The van der Waals surface area contributed by atoms with E-state index in [2.05, 4.69) is 5.32 Å². The van der Waals surface area contributed by atoms with Crippen LogP contribution in [0.5, 0.6) is 0 Å². The van der Waals surface area contributed by atoms with Gasteiger partial charge in [0.05, 0.1) is 29.0 Å². The van der Waals surface area contributed by atoms with Crippen LogP contribution in [-0.2, 0) is 0 Å². The summed E-state index contributed by atoms with van der Waals surface area (Å²) in [4.78, 5) is 0. The standard InChI is InChI=1S/C10H11ClN2O2/c11-9-2-1-3-10(8(9)4-12)13-5-7(15)6-14/h1-3,7,13-15H,5-6H2. The quantitative estimate of drug-likeness (QED) is 0.715. The molecule has 0 aliphatic rings. The van der Waals surface area contributed by atoms with E-state index in [1.165, 1.54) is 0 Å². The van der Waals surface area contributed by atoms with Gasteiger partial charge in [-0.2, -0.15) is 5.26 Å². The third-order valence-electron chi connectivity index (χ3n) is 1.86. The van der Waals surface area contributed by atoms with Crippen LogP contribution >= 0.6 is 11.6 Å². The van der Waals surface area contributed by atoms with Crippen molar-refractivity contribution < 1.29 is 10.2 Å². The molecule has 0 saturated carbocycles. The number of hydrogen-bond acceptors (Lipinski definition) is 4. The van der Waals surface area contributed by atoms with Crippen molar-refractivity contribution in [2.45, 2.75) is 6.10 Å². The lowest BCUT2D eigenvalue weighted by Crippen LogP contribution is -2.23. The first-order valence-corrected chi connectivity index (χ1v) is 4.78. The molecule has 1 unspecified atom stereocenters. The number of halogens is 1. The monoisotopic (exact) mass is 226 g/mol. The molecule has 1 rings (SSSR count). The summed E-state index contributed by atoms with van der Waals surface area (Å²) >= 11 is 5.80. The molecule has 0 saturated heterocycles. The minimum absolute atomic E-state index is 0.172. The van der Waals surface area contributed by atoms with Crippen LogP contribution in [0.4, 0.5) is 5.69 Å². The number of benzene rings is 1. The highest BCUT2D eigenvalue weighted by atomic mass is 35.5.